The van der Waals surface area contributed by atoms with E-state index < -0.39 is 35.5 Å². The summed E-state index contributed by atoms with van der Waals surface area (Å²) in [5.41, 5.74) is -0.0552. The smallest absolute Gasteiger partial charge is 0.243 e. The molecular weight excluding hydrogens is 540 g/mol. The molecule has 6 atom stereocenters. The van der Waals surface area contributed by atoms with Gasteiger partial charge in [0.25, 0.3) is 0 Å². The number of hydrogen-bond donors (Lipinski definition) is 3. The van der Waals surface area contributed by atoms with E-state index in [4.69, 9.17) is 14.2 Å². The number of ether oxygens (including phenoxy) is 3. The van der Waals surface area contributed by atoms with Gasteiger partial charge in [-0.15, -0.1) is 0 Å². The quantitative estimate of drug-likeness (QED) is 0.277. The van der Waals surface area contributed by atoms with Gasteiger partial charge in [-0.2, -0.15) is 0 Å². The molecule has 1 aromatic rings. The highest BCUT2D eigenvalue weighted by molar-refractivity contribution is 5.98. The van der Waals surface area contributed by atoms with Crippen molar-refractivity contribution in [3.8, 4) is 5.75 Å². The molecule has 3 amide bonds. The van der Waals surface area contributed by atoms with Crippen molar-refractivity contribution in [2.24, 2.45) is 5.92 Å². The van der Waals surface area contributed by atoms with Crippen LogP contribution in [0.3, 0.4) is 0 Å². The molecule has 0 spiro atoms. The SMILES string of the molecule is COc1ccc(C[C@H](NC(=O)[C@H](C)NC(=O)CN2CC3CC(C2)O3)C(=O)N[C@@H](CC2CCCC2)C(=O)[C@]2(C)CO2)cc1. The van der Waals surface area contributed by atoms with E-state index in [9.17, 15) is 19.2 Å². The fourth-order valence-electron chi connectivity index (χ4n) is 6.33. The van der Waals surface area contributed by atoms with E-state index >= 15 is 0 Å². The maximum atomic E-state index is 13.7. The highest BCUT2D eigenvalue weighted by atomic mass is 16.6. The molecule has 1 saturated carbocycles. The van der Waals surface area contributed by atoms with Gasteiger partial charge in [0.05, 0.1) is 38.5 Å². The number of carbonyl (C=O) groups excluding carboxylic acids is 4. The second-order valence-corrected chi connectivity index (χ2v) is 12.5. The van der Waals surface area contributed by atoms with Gasteiger partial charge in [-0.05, 0) is 43.9 Å². The summed E-state index contributed by atoms with van der Waals surface area (Å²) in [5.74, 6) is -0.251. The fourth-order valence-corrected chi connectivity index (χ4v) is 6.33. The minimum atomic E-state index is -0.955. The van der Waals surface area contributed by atoms with Gasteiger partial charge in [0.2, 0.25) is 17.7 Å². The first kappa shape index (κ1) is 30.4. The molecule has 5 aliphatic rings. The zero-order valence-corrected chi connectivity index (χ0v) is 24.9. The molecule has 42 heavy (non-hydrogen) atoms. The number of ketones is 1. The number of hydrogen-bond acceptors (Lipinski definition) is 8. The first-order chi connectivity index (χ1) is 20.1. The van der Waals surface area contributed by atoms with Crippen LogP contribution in [0.5, 0.6) is 5.75 Å². The number of piperidine rings is 1. The van der Waals surface area contributed by atoms with Gasteiger partial charge in [0.15, 0.2) is 5.78 Å². The lowest BCUT2D eigenvalue weighted by Gasteiger charge is -2.46. The summed E-state index contributed by atoms with van der Waals surface area (Å²) >= 11 is 0. The molecule has 4 saturated heterocycles. The number of Topliss-reactive ketones (excluding diaryl/α,β-unsaturated/α-hetero) is 1. The van der Waals surface area contributed by atoms with Crippen molar-refractivity contribution in [1.29, 1.82) is 0 Å². The standard InChI is InChI=1S/C31H44N4O7/c1-19(32-27(36)17-35-15-23-14-24(16-35)42-23)29(38)34-26(13-21-8-10-22(40-3)11-9-21)30(39)33-25(12-20-6-4-5-7-20)28(37)31(2)18-41-31/h8-11,19-20,23-26H,4-7,12-18H2,1-3H3,(H,32,36)(H,33,39)(H,34,38)/t19-,23?,24?,25-,26-,31-/m0/s1. The molecule has 3 N–H and O–H groups in total. The lowest BCUT2D eigenvalue weighted by molar-refractivity contribution is -0.181. The summed E-state index contributed by atoms with van der Waals surface area (Å²) in [6.07, 6.45) is 6.49. The Balaban J connectivity index is 1.23. The number of rotatable bonds is 14. The molecule has 5 fully saturated rings. The van der Waals surface area contributed by atoms with Crippen molar-refractivity contribution < 1.29 is 33.4 Å². The number of carbonyl (C=O) groups is 4. The molecule has 0 aromatic heterocycles. The number of nitrogens with zero attached hydrogens (tertiary/aromatic N) is 1. The summed E-state index contributed by atoms with van der Waals surface area (Å²) in [6, 6.07) is 4.76. The summed E-state index contributed by atoms with van der Waals surface area (Å²) in [5, 5.41) is 8.57. The lowest BCUT2D eigenvalue weighted by Crippen LogP contribution is -2.60. The van der Waals surface area contributed by atoms with Crippen LogP contribution in [0, 0.1) is 5.92 Å². The van der Waals surface area contributed by atoms with Crippen LogP contribution < -0.4 is 20.7 Å². The van der Waals surface area contributed by atoms with E-state index in [1.807, 2.05) is 17.0 Å². The van der Waals surface area contributed by atoms with Gasteiger partial charge in [-0.3, -0.25) is 24.1 Å². The summed E-state index contributed by atoms with van der Waals surface area (Å²) in [4.78, 5) is 55.1. The Bertz CT molecular complexity index is 1130. The van der Waals surface area contributed by atoms with E-state index in [0.717, 1.165) is 37.7 Å². The Labute approximate surface area is 247 Å². The van der Waals surface area contributed by atoms with Crippen molar-refractivity contribution in [3.05, 3.63) is 29.8 Å². The van der Waals surface area contributed by atoms with Crippen LogP contribution in [-0.2, 0) is 35.1 Å². The van der Waals surface area contributed by atoms with Crippen LogP contribution in [0.15, 0.2) is 24.3 Å². The van der Waals surface area contributed by atoms with Gasteiger partial charge in [0.1, 0.15) is 23.4 Å². The summed E-state index contributed by atoms with van der Waals surface area (Å²) < 4.78 is 16.3. The second-order valence-electron chi connectivity index (χ2n) is 12.5. The molecule has 0 radical (unpaired) electrons. The topological polar surface area (TPSA) is 139 Å². The molecular formula is C31H44N4O7. The van der Waals surface area contributed by atoms with Crippen molar-refractivity contribution in [1.82, 2.24) is 20.9 Å². The first-order valence-corrected chi connectivity index (χ1v) is 15.2. The third kappa shape index (κ3) is 7.67. The van der Waals surface area contributed by atoms with Crippen molar-refractivity contribution in [2.45, 2.75) is 94.7 Å². The lowest BCUT2D eigenvalue weighted by atomic mass is 9.90. The highest BCUT2D eigenvalue weighted by Gasteiger charge is 2.50. The monoisotopic (exact) mass is 584 g/mol. The van der Waals surface area contributed by atoms with E-state index in [1.165, 1.54) is 0 Å². The summed E-state index contributed by atoms with van der Waals surface area (Å²) in [7, 11) is 1.58. The van der Waals surface area contributed by atoms with E-state index in [-0.39, 0.29) is 36.9 Å². The normalized spacial score (nSPS) is 27.2. The van der Waals surface area contributed by atoms with Gasteiger partial charge >= 0.3 is 0 Å². The third-order valence-electron chi connectivity index (χ3n) is 8.98. The van der Waals surface area contributed by atoms with Gasteiger partial charge in [-0.25, -0.2) is 0 Å². The van der Waals surface area contributed by atoms with E-state index in [0.29, 0.717) is 37.8 Å². The Morgan fingerprint density at radius 1 is 1.00 bits per heavy atom. The minimum Gasteiger partial charge on any atom is -0.497 e. The molecule has 11 heteroatoms. The molecule has 11 nitrogen and oxygen atoms in total. The van der Waals surface area contributed by atoms with Crippen molar-refractivity contribution in [3.63, 3.8) is 0 Å². The van der Waals surface area contributed by atoms with Crippen molar-refractivity contribution >= 4 is 23.5 Å². The Kier molecular flexibility index (Phi) is 9.49. The number of methoxy groups -OCH3 is 1. The molecule has 230 valence electrons. The third-order valence-corrected chi connectivity index (χ3v) is 8.98. The average Bonchev–Trinajstić information content (AvgIpc) is 3.50. The average molecular weight is 585 g/mol. The molecule has 1 aliphatic carbocycles. The van der Waals surface area contributed by atoms with Gasteiger partial charge < -0.3 is 30.2 Å². The number of benzene rings is 1. The number of nitrogens with one attached hydrogen (secondary N) is 3. The van der Waals surface area contributed by atoms with Crippen LogP contribution in [0.25, 0.3) is 0 Å². The van der Waals surface area contributed by atoms with Crippen molar-refractivity contribution in [2.75, 3.05) is 33.4 Å². The van der Waals surface area contributed by atoms with Gasteiger partial charge in [-0.1, -0.05) is 37.8 Å². The first-order valence-electron chi connectivity index (χ1n) is 15.2. The van der Waals surface area contributed by atoms with Gasteiger partial charge in [0, 0.05) is 25.9 Å². The Morgan fingerprint density at radius 2 is 1.62 bits per heavy atom. The summed E-state index contributed by atoms with van der Waals surface area (Å²) in [6.45, 7) is 5.31. The van der Waals surface area contributed by atoms with Crippen LogP contribution in [0.2, 0.25) is 0 Å². The molecule has 2 unspecified atom stereocenters. The molecule has 4 aliphatic heterocycles. The maximum absolute atomic E-state index is 13.7. The maximum Gasteiger partial charge on any atom is 0.243 e. The molecule has 2 bridgehead atoms. The molecule has 4 heterocycles. The molecule has 1 aromatic carbocycles. The van der Waals surface area contributed by atoms with Crippen LogP contribution in [0.1, 0.15) is 57.9 Å². The highest BCUT2D eigenvalue weighted by Crippen LogP contribution is 2.33. The van der Waals surface area contributed by atoms with E-state index in [2.05, 4.69) is 16.0 Å². The minimum absolute atomic E-state index is 0.126. The number of fused-ring (bicyclic) bond motifs is 2. The fraction of sp³-hybridized carbons (Fsp3) is 0.677. The zero-order chi connectivity index (χ0) is 29.9. The van der Waals surface area contributed by atoms with Crippen LogP contribution >= 0.6 is 0 Å². The largest absolute Gasteiger partial charge is 0.497 e. The zero-order valence-electron chi connectivity index (χ0n) is 24.9. The number of epoxide rings is 1. The molecule has 6 rings (SSSR count). The van der Waals surface area contributed by atoms with Crippen LogP contribution in [-0.4, -0.2) is 97.7 Å². The second kappa shape index (κ2) is 13.1. The van der Waals surface area contributed by atoms with E-state index in [1.54, 1.807) is 33.1 Å². The number of morpholine rings is 1. The van der Waals surface area contributed by atoms with Crippen LogP contribution in [0.4, 0.5) is 0 Å². The predicted molar refractivity (Wildman–Crippen MR) is 154 cm³/mol. The Morgan fingerprint density at radius 3 is 2.21 bits per heavy atom. The predicted octanol–water partition coefficient (Wildman–Crippen LogP) is 1.12. The number of amides is 3. The Hall–Kier alpha value is -3.02.